The maximum Gasteiger partial charge on any atom is 0.308 e. The average molecular weight is 389 g/mol. The molecular weight excluding hydrogens is 368 g/mol. The first-order valence-electron chi connectivity index (χ1n) is 8.49. The number of amides is 2. The number of halogens is 1. The van der Waals surface area contributed by atoms with Crippen LogP contribution in [0.2, 0.25) is 5.02 Å². The van der Waals surface area contributed by atoms with Crippen molar-refractivity contribution >= 4 is 29.4 Å². The fraction of sp³-hybridized carbons (Fsp3) is 0.250. The van der Waals surface area contributed by atoms with Gasteiger partial charge in [-0.25, -0.2) is 0 Å². The summed E-state index contributed by atoms with van der Waals surface area (Å²) in [6.45, 7) is 1.60. The molecule has 0 spiro atoms. The molecule has 142 valence electrons. The number of carbonyl (C=O) groups excluding carboxylic acids is 3. The maximum absolute atomic E-state index is 11.9. The highest BCUT2D eigenvalue weighted by Gasteiger charge is 2.12. The Hall–Kier alpha value is -2.86. The van der Waals surface area contributed by atoms with Crippen LogP contribution in [0.4, 0.5) is 0 Å². The zero-order chi connectivity index (χ0) is 19.6. The molecule has 2 N–H and O–H groups in total. The molecule has 0 aliphatic carbocycles. The molecule has 0 saturated heterocycles. The highest BCUT2D eigenvalue weighted by molar-refractivity contribution is 6.30. The highest BCUT2D eigenvalue weighted by Crippen LogP contribution is 2.11. The Morgan fingerprint density at radius 2 is 1.70 bits per heavy atom. The summed E-state index contributed by atoms with van der Waals surface area (Å²) in [7, 11) is 0. The van der Waals surface area contributed by atoms with E-state index in [4.69, 9.17) is 16.3 Å². The number of ether oxygens (including phenoxy) is 1. The Morgan fingerprint density at radius 1 is 1.04 bits per heavy atom. The van der Waals surface area contributed by atoms with Crippen molar-refractivity contribution in [3.8, 4) is 0 Å². The number of hydrogen-bond donors (Lipinski definition) is 2. The largest absolute Gasteiger partial charge is 0.456 e. The van der Waals surface area contributed by atoms with Gasteiger partial charge in [-0.05, 0) is 36.8 Å². The molecule has 2 aromatic rings. The second-order valence-electron chi connectivity index (χ2n) is 5.87. The predicted molar refractivity (Wildman–Crippen MR) is 102 cm³/mol. The Kier molecular flexibility index (Phi) is 7.82. The first kappa shape index (κ1) is 20.5. The van der Waals surface area contributed by atoms with E-state index < -0.39 is 5.97 Å². The van der Waals surface area contributed by atoms with Gasteiger partial charge in [0.15, 0.2) is 6.61 Å². The normalized spacial score (nSPS) is 11.3. The molecule has 0 heterocycles. The number of hydrogen-bond acceptors (Lipinski definition) is 4. The topological polar surface area (TPSA) is 84.5 Å². The molecule has 1 unspecified atom stereocenters. The van der Waals surface area contributed by atoms with Crippen molar-refractivity contribution in [2.45, 2.75) is 19.4 Å². The van der Waals surface area contributed by atoms with E-state index in [1.54, 1.807) is 24.3 Å². The Labute approximate surface area is 162 Å². The lowest BCUT2D eigenvalue weighted by Crippen LogP contribution is -2.32. The van der Waals surface area contributed by atoms with Crippen LogP contribution < -0.4 is 10.6 Å². The smallest absolute Gasteiger partial charge is 0.308 e. The molecule has 27 heavy (non-hydrogen) atoms. The van der Waals surface area contributed by atoms with Crippen LogP contribution in [-0.4, -0.2) is 30.9 Å². The van der Waals surface area contributed by atoms with E-state index in [0.29, 0.717) is 10.6 Å². The van der Waals surface area contributed by atoms with Crippen LogP contribution in [0.3, 0.4) is 0 Å². The number of nitrogens with one attached hydrogen (secondary N) is 2. The van der Waals surface area contributed by atoms with E-state index in [1.165, 1.54) is 0 Å². The molecule has 2 aromatic carbocycles. The van der Waals surface area contributed by atoms with E-state index in [2.05, 4.69) is 10.6 Å². The second-order valence-corrected chi connectivity index (χ2v) is 6.31. The second kappa shape index (κ2) is 10.3. The van der Waals surface area contributed by atoms with Crippen molar-refractivity contribution in [2.24, 2.45) is 0 Å². The summed E-state index contributed by atoms with van der Waals surface area (Å²) in [4.78, 5) is 35.4. The molecule has 0 aromatic heterocycles. The first-order valence-corrected chi connectivity index (χ1v) is 8.87. The molecule has 0 aliphatic heterocycles. The number of esters is 1. The Balaban J connectivity index is 1.64. The van der Waals surface area contributed by atoms with Gasteiger partial charge in [-0.2, -0.15) is 0 Å². The minimum atomic E-state index is -0.561. The summed E-state index contributed by atoms with van der Waals surface area (Å²) in [5.74, 6) is -1.26. The molecule has 1 atom stereocenters. The van der Waals surface area contributed by atoms with Crippen LogP contribution >= 0.6 is 11.6 Å². The summed E-state index contributed by atoms with van der Waals surface area (Å²) < 4.78 is 4.92. The summed E-state index contributed by atoms with van der Waals surface area (Å²) in [5, 5.41) is 5.90. The van der Waals surface area contributed by atoms with Gasteiger partial charge in [0.1, 0.15) is 0 Å². The Morgan fingerprint density at radius 3 is 2.37 bits per heavy atom. The van der Waals surface area contributed by atoms with Gasteiger partial charge in [-0.15, -0.1) is 0 Å². The van der Waals surface area contributed by atoms with Gasteiger partial charge in [-0.3, -0.25) is 14.4 Å². The third-order valence-corrected chi connectivity index (χ3v) is 4.01. The third kappa shape index (κ3) is 7.11. The SMILES string of the molecule is CC(NC(=O)COC(=O)CCNC(=O)c1ccc(Cl)cc1)c1ccccc1. The molecule has 0 radical (unpaired) electrons. The zero-order valence-corrected chi connectivity index (χ0v) is 15.7. The van der Waals surface area contributed by atoms with Crippen molar-refractivity contribution in [1.29, 1.82) is 0 Å². The van der Waals surface area contributed by atoms with Gasteiger partial charge in [0.25, 0.3) is 11.8 Å². The van der Waals surface area contributed by atoms with E-state index in [9.17, 15) is 14.4 Å². The molecule has 7 heteroatoms. The van der Waals surface area contributed by atoms with E-state index >= 15 is 0 Å². The molecule has 0 aliphatic rings. The number of benzene rings is 2. The summed E-state index contributed by atoms with van der Waals surface area (Å²) >= 11 is 5.76. The van der Waals surface area contributed by atoms with Gasteiger partial charge in [0, 0.05) is 17.1 Å². The quantitative estimate of drug-likeness (QED) is 0.681. The summed E-state index contributed by atoms with van der Waals surface area (Å²) in [6.07, 6.45) is -0.0269. The van der Waals surface area contributed by atoms with Crippen molar-refractivity contribution in [3.05, 3.63) is 70.7 Å². The zero-order valence-electron chi connectivity index (χ0n) is 14.9. The lowest BCUT2D eigenvalue weighted by atomic mass is 10.1. The molecule has 0 saturated carbocycles. The summed E-state index contributed by atoms with van der Waals surface area (Å²) in [6, 6.07) is 15.7. The average Bonchev–Trinajstić information content (AvgIpc) is 2.67. The lowest BCUT2D eigenvalue weighted by molar-refractivity contribution is -0.148. The monoisotopic (exact) mass is 388 g/mol. The standard InChI is InChI=1S/C20H21ClN2O4/c1-14(15-5-3-2-4-6-15)23-18(24)13-27-19(25)11-12-22-20(26)16-7-9-17(21)10-8-16/h2-10,14H,11-13H2,1H3,(H,22,26)(H,23,24). The molecule has 6 nitrogen and oxygen atoms in total. The van der Waals surface area contributed by atoms with Gasteiger partial charge in [0.05, 0.1) is 12.5 Å². The van der Waals surface area contributed by atoms with Crippen LogP contribution in [0.25, 0.3) is 0 Å². The van der Waals surface area contributed by atoms with Gasteiger partial charge in [-0.1, -0.05) is 41.9 Å². The Bertz CT molecular complexity index is 778. The van der Waals surface area contributed by atoms with Crippen LogP contribution in [0.15, 0.2) is 54.6 Å². The van der Waals surface area contributed by atoms with E-state index in [1.807, 2.05) is 37.3 Å². The molecule has 0 fully saturated rings. The van der Waals surface area contributed by atoms with E-state index in [-0.39, 0.29) is 37.4 Å². The molecular formula is C20H21ClN2O4. The van der Waals surface area contributed by atoms with Crippen molar-refractivity contribution in [1.82, 2.24) is 10.6 Å². The van der Waals surface area contributed by atoms with Crippen molar-refractivity contribution in [2.75, 3.05) is 13.2 Å². The number of carbonyl (C=O) groups is 3. The molecule has 2 amide bonds. The van der Waals surface area contributed by atoms with Crippen LogP contribution in [0.1, 0.15) is 35.3 Å². The van der Waals surface area contributed by atoms with Crippen LogP contribution in [-0.2, 0) is 14.3 Å². The van der Waals surface area contributed by atoms with Gasteiger partial charge < -0.3 is 15.4 Å². The van der Waals surface area contributed by atoms with Crippen LogP contribution in [0, 0.1) is 0 Å². The third-order valence-electron chi connectivity index (χ3n) is 3.76. The van der Waals surface area contributed by atoms with Gasteiger partial charge >= 0.3 is 5.97 Å². The van der Waals surface area contributed by atoms with Crippen molar-refractivity contribution in [3.63, 3.8) is 0 Å². The number of rotatable bonds is 8. The fourth-order valence-electron chi connectivity index (χ4n) is 2.31. The van der Waals surface area contributed by atoms with E-state index in [0.717, 1.165) is 5.56 Å². The summed E-state index contributed by atoms with van der Waals surface area (Å²) in [5.41, 5.74) is 1.41. The fourth-order valence-corrected chi connectivity index (χ4v) is 2.43. The minimum Gasteiger partial charge on any atom is -0.456 e. The lowest BCUT2D eigenvalue weighted by Gasteiger charge is -2.14. The minimum absolute atomic E-state index is 0.0269. The van der Waals surface area contributed by atoms with Crippen LogP contribution in [0.5, 0.6) is 0 Å². The predicted octanol–water partition coefficient (Wildman–Crippen LogP) is 2.88. The highest BCUT2D eigenvalue weighted by atomic mass is 35.5. The van der Waals surface area contributed by atoms with Gasteiger partial charge in [0.2, 0.25) is 0 Å². The maximum atomic E-state index is 11.9. The first-order chi connectivity index (χ1) is 13.0. The molecule has 2 rings (SSSR count). The van der Waals surface area contributed by atoms with Crippen molar-refractivity contribution < 1.29 is 19.1 Å². The molecule has 0 bridgehead atoms.